The lowest BCUT2D eigenvalue weighted by Crippen LogP contribution is -2.38. The van der Waals surface area contributed by atoms with Gasteiger partial charge >= 0.3 is 0 Å². The van der Waals surface area contributed by atoms with Gasteiger partial charge in [-0.25, -0.2) is 4.99 Å². The molecule has 1 unspecified atom stereocenters. The molecule has 0 heterocycles. The number of hydrogen-bond donors (Lipinski definition) is 1. The summed E-state index contributed by atoms with van der Waals surface area (Å²) in [4.78, 5) is 20.5. The molecule has 37 heavy (non-hydrogen) atoms. The fourth-order valence-corrected chi connectivity index (χ4v) is 3.93. The number of carbonyl (C=O) groups excluding carboxylic acids is 1. The van der Waals surface area contributed by atoms with Crippen LogP contribution in [0.3, 0.4) is 0 Å². The predicted molar refractivity (Wildman–Crippen MR) is 159 cm³/mol. The van der Waals surface area contributed by atoms with Gasteiger partial charge in [-0.15, -0.1) is 12.4 Å². The number of carbonyl (C=O) groups is 1. The molecule has 0 bridgehead atoms. The molecule has 4 nitrogen and oxygen atoms in total. The minimum Gasteiger partial charge on any atom is -0.343 e. The monoisotopic (exact) mass is 511 g/mol. The van der Waals surface area contributed by atoms with E-state index >= 15 is 0 Å². The number of anilines is 2. The topological polar surface area (TPSA) is 44.7 Å². The Bertz CT molecular complexity index is 1320. The summed E-state index contributed by atoms with van der Waals surface area (Å²) in [5.74, 6) is 0.707. The number of nitrogens with one attached hydrogen (secondary N) is 1. The van der Waals surface area contributed by atoms with Crippen molar-refractivity contribution >= 4 is 41.2 Å². The first-order valence-electron chi connectivity index (χ1n) is 12.3. The van der Waals surface area contributed by atoms with Crippen LogP contribution in [0.1, 0.15) is 34.0 Å². The highest BCUT2D eigenvalue weighted by Crippen LogP contribution is 2.23. The highest BCUT2D eigenvalue weighted by atomic mass is 35.5. The maximum atomic E-state index is 13.6. The van der Waals surface area contributed by atoms with E-state index in [1.54, 1.807) is 0 Å². The van der Waals surface area contributed by atoms with Crippen LogP contribution in [-0.2, 0) is 0 Å². The zero-order chi connectivity index (χ0) is 25.5. The van der Waals surface area contributed by atoms with Crippen LogP contribution in [-0.4, -0.2) is 18.3 Å². The third kappa shape index (κ3) is 7.55. The molecule has 0 aliphatic rings. The SMILES string of the molecule is Cc1ccc(N=C(Nc2ccc(C)cc2)C(C)CN(C(=O)c2ccccc2)c2ccc(C)cc2)cc1.Cl. The van der Waals surface area contributed by atoms with Crippen molar-refractivity contribution in [2.75, 3.05) is 16.8 Å². The fraction of sp³-hybridized carbons (Fsp3) is 0.188. The van der Waals surface area contributed by atoms with E-state index in [2.05, 4.69) is 62.5 Å². The highest BCUT2D eigenvalue weighted by Gasteiger charge is 2.23. The van der Waals surface area contributed by atoms with Crippen molar-refractivity contribution in [3.05, 3.63) is 125 Å². The molecule has 4 aromatic carbocycles. The summed E-state index contributed by atoms with van der Waals surface area (Å²) in [7, 11) is 0. The van der Waals surface area contributed by atoms with Gasteiger partial charge in [0, 0.05) is 29.4 Å². The third-order valence-electron chi connectivity index (χ3n) is 6.14. The van der Waals surface area contributed by atoms with E-state index in [0.717, 1.165) is 28.5 Å². The van der Waals surface area contributed by atoms with Gasteiger partial charge in [-0.05, 0) is 69.3 Å². The minimum absolute atomic E-state index is 0. The molecule has 0 aliphatic carbocycles. The van der Waals surface area contributed by atoms with Gasteiger partial charge in [0.2, 0.25) is 0 Å². The molecule has 0 aromatic heterocycles. The average molecular weight is 512 g/mol. The average Bonchev–Trinajstić information content (AvgIpc) is 2.90. The molecule has 0 aliphatic heterocycles. The number of benzene rings is 4. The molecule has 5 heteroatoms. The number of aryl methyl sites for hydroxylation is 3. The van der Waals surface area contributed by atoms with Crippen LogP contribution in [0.25, 0.3) is 0 Å². The molecule has 4 aromatic rings. The summed E-state index contributed by atoms with van der Waals surface area (Å²) in [6, 6.07) is 34.0. The maximum Gasteiger partial charge on any atom is 0.258 e. The first-order valence-corrected chi connectivity index (χ1v) is 12.3. The summed E-state index contributed by atoms with van der Waals surface area (Å²) < 4.78 is 0. The van der Waals surface area contributed by atoms with E-state index in [-0.39, 0.29) is 24.2 Å². The second-order valence-corrected chi connectivity index (χ2v) is 9.34. The number of aliphatic imine (C=N–C) groups is 1. The number of amides is 1. The summed E-state index contributed by atoms with van der Waals surface area (Å²) in [6.45, 7) is 8.76. The maximum absolute atomic E-state index is 13.6. The lowest BCUT2D eigenvalue weighted by atomic mass is 10.1. The van der Waals surface area contributed by atoms with Crippen LogP contribution < -0.4 is 10.2 Å². The van der Waals surface area contributed by atoms with Gasteiger partial charge in [-0.1, -0.05) is 78.2 Å². The molecule has 190 valence electrons. The minimum atomic E-state index is -0.0680. The molecule has 4 rings (SSSR count). The zero-order valence-electron chi connectivity index (χ0n) is 21.8. The summed E-state index contributed by atoms with van der Waals surface area (Å²) in [6.07, 6.45) is 0. The van der Waals surface area contributed by atoms with Crippen LogP contribution in [0.4, 0.5) is 17.1 Å². The van der Waals surface area contributed by atoms with Gasteiger partial charge in [0.25, 0.3) is 5.91 Å². The first-order chi connectivity index (χ1) is 17.4. The number of nitrogens with zero attached hydrogens (tertiary/aromatic N) is 2. The van der Waals surface area contributed by atoms with Gasteiger partial charge in [0.05, 0.1) is 5.69 Å². The standard InChI is InChI=1S/C32H33N3O.ClH/c1-23-10-16-28(17-11-23)33-31(34-29-18-12-24(2)13-19-29)26(4)22-35(30-20-14-25(3)15-21-30)32(36)27-8-6-5-7-9-27;/h5-21,26H,22H2,1-4H3,(H,33,34);1H. The lowest BCUT2D eigenvalue weighted by molar-refractivity contribution is 0.0985. The summed E-state index contributed by atoms with van der Waals surface area (Å²) >= 11 is 0. The Hall–Kier alpha value is -3.89. The van der Waals surface area contributed by atoms with Crippen LogP contribution in [0.5, 0.6) is 0 Å². The largest absolute Gasteiger partial charge is 0.343 e. The Morgan fingerprint density at radius 2 is 1.27 bits per heavy atom. The number of rotatable bonds is 7. The van der Waals surface area contributed by atoms with Crippen molar-refractivity contribution in [1.82, 2.24) is 0 Å². The van der Waals surface area contributed by atoms with Gasteiger partial charge in [-0.3, -0.25) is 4.79 Å². The van der Waals surface area contributed by atoms with E-state index in [1.807, 2.05) is 78.6 Å². The van der Waals surface area contributed by atoms with Crippen molar-refractivity contribution in [3.63, 3.8) is 0 Å². The fourth-order valence-electron chi connectivity index (χ4n) is 3.93. The number of halogens is 1. The van der Waals surface area contributed by atoms with E-state index in [4.69, 9.17) is 4.99 Å². The molecule has 1 atom stereocenters. The Morgan fingerprint density at radius 1 is 0.757 bits per heavy atom. The summed E-state index contributed by atoms with van der Waals surface area (Å²) in [5, 5.41) is 3.53. The highest BCUT2D eigenvalue weighted by molar-refractivity contribution is 6.07. The molecule has 0 radical (unpaired) electrons. The van der Waals surface area contributed by atoms with Gasteiger partial charge in [0.1, 0.15) is 5.84 Å². The lowest BCUT2D eigenvalue weighted by Gasteiger charge is -2.27. The molecule has 0 fully saturated rings. The Kier molecular flexibility index (Phi) is 9.64. The van der Waals surface area contributed by atoms with Crippen LogP contribution in [0, 0.1) is 26.7 Å². The molecular weight excluding hydrogens is 478 g/mol. The van der Waals surface area contributed by atoms with E-state index < -0.39 is 0 Å². The molecular formula is C32H34ClN3O. The van der Waals surface area contributed by atoms with E-state index in [9.17, 15) is 4.79 Å². The molecule has 0 saturated carbocycles. The van der Waals surface area contributed by atoms with Crippen LogP contribution in [0.15, 0.2) is 108 Å². The van der Waals surface area contributed by atoms with Crippen molar-refractivity contribution in [2.45, 2.75) is 27.7 Å². The molecule has 0 saturated heterocycles. The Balaban J connectivity index is 0.00000380. The zero-order valence-corrected chi connectivity index (χ0v) is 22.6. The third-order valence-corrected chi connectivity index (χ3v) is 6.14. The number of hydrogen-bond acceptors (Lipinski definition) is 2. The summed E-state index contributed by atoms with van der Waals surface area (Å²) in [5.41, 5.74) is 6.91. The second kappa shape index (κ2) is 12.9. The normalized spacial score (nSPS) is 11.8. The van der Waals surface area contributed by atoms with Crippen molar-refractivity contribution in [1.29, 1.82) is 0 Å². The van der Waals surface area contributed by atoms with E-state index in [1.165, 1.54) is 11.1 Å². The van der Waals surface area contributed by atoms with Crippen molar-refractivity contribution < 1.29 is 4.79 Å². The van der Waals surface area contributed by atoms with E-state index in [0.29, 0.717) is 12.1 Å². The Morgan fingerprint density at radius 3 is 1.84 bits per heavy atom. The van der Waals surface area contributed by atoms with Crippen molar-refractivity contribution in [3.8, 4) is 0 Å². The predicted octanol–water partition coefficient (Wildman–Crippen LogP) is 8.16. The second-order valence-electron chi connectivity index (χ2n) is 9.34. The smallest absolute Gasteiger partial charge is 0.258 e. The quantitative estimate of drug-likeness (QED) is 0.201. The van der Waals surface area contributed by atoms with Gasteiger partial charge in [-0.2, -0.15) is 0 Å². The van der Waals surface area contributed by atoms with Gasteiger partial charge in [0.15, 0.2) is 0 Å². The van der Waals surface area contributed by atoms with Crippen LogP contribution in [0.2, 0.25) is 0 Å². The number of amidine groups is 1. The molecule has 0 spiro atoms. The van der Waals surface area contributed by atoms with Crippen LogP contribution >= 0.6 is 12.4 Å². The Labute approximate surface area is 226 Å². The van der Waals surface area contributed by atoms with Crippen molar-refractivity contribution in [2.24, 2.45) is 10.9 Å². The molecule has 1 amide bonds. The molecule has 1 N–H and O–H groups in total. The van der Waals surface area contributed by atoms with Gasteiger partial charge < -0.3 is 10.2 Å². The first kappa shape index (κ1) is 27.7.